The van der Waals surface area contributed by atoms with Crippen LogP contribution in [0.3, 0.4) is 0 Å². The van der Waals surface area contributed by atoms with Gasteiger partial charge in [0.2, 0.25) is 0 Å². The van der Waals surface area contributed by atoms with Gasteiger partial charge in [0.1, 0.15) is 19.0 Å². The van der Waals surface area contributed by atoms with E-state index in [2.05, 4.69) is 22.4 Å². The number of amides is 2. The summed E-state index contributed by atoms with van der Waals surface area (Å²) in [5.74, 6) is 1.95. The molecule has 0 aliphatic carbocycles. The zero-order valence-electron chi connectivity index (χ0n) is 18.5. The number of anilines is 1. The van der Waals surface area contributed by atoms with Crippen LogP contribution in [0.1, 0.15) is 11.1 Å². The van der Waals surface area contributed by atoms with Gasteiger partial charge in [-0.3, -0.25) is 0 Å². The molecule has 3 aromatic rings. The van der Waals surface area contributed by atoms with Gasteiger partial charge in [-0.2, -0.15) is 5.10 Å². The molecule has 0 aromatic heterocycles. The minimum Gasteiger partial charge on any atom is -0.493 e. The number of urea groups is 1. The van der Waals surface area contributed by atoms with Crippen LogP contribution in [0.15, 0.2) is 90.6 Å². The van der Waals surface area contributed by atoms with Gasteiger partial charge in [-0.25, -0.2) is 10.2 Å². The fourth-order valence-corrected chi connectivity index (χ4v) is 2.99. The Bertz CT molecular complexity index is 1080. The summed E-state index contributed by atoms with van der Waals surface area (Å²) in [6.45, 7) is 4.41. The molecule has 0 fully saturated rings. The van der Waals surface area contributed by atoms with Crippen LogP contribution in [0, 0.1) is 0 Å². The minimum absolute atomic E-state index is 0.324. The standard InChI is InChI=1S/C26H27N3O4/c1-3-9-20-14-15-24(25(18-20)31-2)33-17-16-32-23-13-8-7-10-21(23)19-27-29-26(30)28-22-11-5-4-6-12-22/h3-8,10-15,18-19H,1,9,16-17H2,2H3,(H2,28,29,30)/b27-19+. The Hall–Kier alpha value is -4.26. The first-order chi connectivity index (χ1) is 16.2. The number of benzene rings is 3. The molecule has 0 atom stereocenters. The predicted molar refractivity (Wildman–Crippen MR) is 131 cm³/mol. The first-order valence-electron chi connectivity index (χ1n) is 10.5. The summed E-state index contributed by atoms with van der Waals surface area (Å²) in [5.41, 5.74) is 4.95. The van der Waals surface area contributed by atoms with Crippen molar-refractivity contribution in [1.82, 2.24) is 5.43 Å². The summed E-state index contributed by atoms with van der Waals surface area (Å²) in [7, 11) is 1.61. The quantitative estimate of drug-likeness (QED) is 0.188. The van der Waals surface area contributed by atoms with E-state index in [4.69, 9.17) is 14.2 Å². The first-order valence-corrected chi connectivity index (χ1v) is 10.5. The Kier molecular flexibility index (Phi) is 8.91. The van der Waals surface area contributed by atoms with Crippen LogP contribution >= 0.6 is 0 Å². The van der Waals surface area contributed by atoms with Crippen molar-refractivity contribution in [1.29, 1.82) is 0 Å². The van der Waals surface area contributed by atoms with E-state index in [1.165, 1.54) is 6.21 Å². The van der Waals surface area contributed by atoms with Crippen LogP contribution in [0.4, 0.5) is 10.5 Å². The number of hydrogen-bond acceptors (Lipinski definition) is 5. The molecular formula is C26H27N3O4. The van der Waals surface area contributed by atoms with Gasteiger partial charge in [0, 0.05) is 11.3 Å². The largest absolute Gasteiger partial charge is 0.493 e. The molecule has 170 valence electrons. The monoisotopic (exact) mass is 445 g/mol. The van der Waals surface area contributed by atoms with Crippen LogP contribution in [-0.2, 0) is 6.42 Å². The lowest BCUT2D eigenvalue weighted by Crippen LogP contribution is -2.24. The molecule has 7 nitrogen and oxygen atoms in total. The average molecular weight is 446 g/mol. The molecule has 2 N–H and O–H groups in total. The number of allylic oxidation sites excluding steroid dienone is 1. The van der Waals surface area contributed by atoms with Crippen molar-refractivity contribution in [2.75, 3.05) is 25.6 Å². The summed E-state index contributed by atoms with van der Waals surface area (Å²) >= 11 is 0. The fraction of sp³-hybridized carbons (Fsp3) is 0.154. The topological polar surface area (TPSA) is 81.2 Å². The maximum absolute atomic E-state index is 11.9. The molecule has 0 spiro atoms. The van der Waals surface area contributed by atoms with Crippen molar-refractivity contribution in [2.24, 2.45) is 5.10 Å². The van der Waals surface area contributed by atoms with Crippen molar-refractivity contribution < 1.29 is 19.0 Å². The molecule has 0 saturated heterocycles. The maximum Gasteiger partial charge on any atom is 0.339 e. The number of carbonyl (C=O) groups excluding carboxylic acids is 1. The van der Waals surface area contributed by atoms with Crippen molar-refractivity contribution >= 4 is 17.9 Å². The smallest absolute Gasteiger partial charge is 0.339 e. The molecule has 2 amide bonds. The maximum atomic E-state index is 11.9. The molecule has 0 saturated carbocycles. The summed E-state index contributed by atoms with van der Waals surface area (Å²) in [6.07, 6.45) is 4.14. The Morgan fingerprint density at radius 2 is 1.67 bits per heavy atom. The second-order valence-corrected chi connectivity index (χ2v) is 6.90. The van der Waals surface area contributed by atoms with Crippen molar-refractivity contribution in [2.45, 2.75) is 6.42 Å². The molecule has 0 heterocycles. The van der Waals surface area contributed by atoms with E-state index in [1.54, 1.807) is 19.2 Å². The molecule has 0 aliphatic rings. The van der Waals surface area contributed by atoms with Gasteiger partial charge < -0.3 is 19.5 Å². The third-order valence-electron chi connectivity index (χ3n) is 4.53. The third-order valence-corrected chi connectivity index (χ3v) is 4.53. The van der Waals surface area contributed by atoms with Gasteiger partial charge in [-0.15, -0.1) is 6.58 Å². The Balaban J connectivity index is 1.50. The van der Waals surface area contributed by atoms with Crippen LogP contribution in [0.2, 0.25) is 0 Å². The number of hydrazone groups is 1. The third kappa shape index (κ3) is 7.43. The van der Waals surface area contributed by atoms with Crippen molar-refractivity contribution in [3.8, 4) is 17.2 Å². The van der Waals surface area contributed by atoms with Crippen LogP contribution in [0.5, 0.6) is 17.2 Å². The molecule has 7 heteroatoms. The first kappa shape index (κ1) is 23.4. The molecule has 33 heavy (non-hydrogen) atoms. The van der Waals surface area contributed by atoms with Crippen LogP contribution < -0.4 is 25.0 Å². The number of methoxy groups -OCH3 is 1. The summed E-state index contributed by atoms with van der Waals surface area (Å²) in [5, 5.41) is 6.69. The number of nitrogens with zero attached hydrogens (tertiary/aromatic N) is 1. The Labute approximate surface area is 193 Å². The number of carbonyl (C=O) groups is 1. The highest BCUT2D eigenvalue weighted by atomic mass is 16.5. The van der Waals surface area contributed by atoms with Gasteiger partial charge >= 0.3 is 6.03 Å². The molecule has 3 aromatic carbocycles. The minimum atomic E-state index is -0.433. The summed E-state index contributed by atoms with van der Waals surface area (Å²) in [4.78, 5) is 11.9. The highest BCUT2D eigenvalue weighted by Gasteiger charge is 2.06. The predicted octanol–water partition coefficient (Wildman–Crippen LogP) is 5.04. The van der Waals surface area contributed by atoms with E-state index in [9.17, 15) is 4.79 Å². The number of rotatable bonds is 11. The Morgan fingerprint density at radius 3 is 2.42 bits per heavy atom. The number of para-hydroxylation sites is 2. The second-order valence-electron chi connectivity index (χ2n) is 6.90. The lowest BCUT2D eigenvalue weighted by atomic mass is 10.1. The molecule has 0 radical (unpaired) electrons. The fourth-order valence-electron chi connectivity index (χ4n) is 2.99. The van der Waals surface area contributed by atoms with Crippen molar-refractivity contribution in [3.05, 3.63) is 96.6 Å². The Morgan fingerprint density at radius 1 is 0.939 bits per heavy atom. The van der Waals surface area contributed by atoms with Gasteiger partial charge in [0.25, 0.3) is 0 Å². The molecule has 0 bridgehead atoms. The number of nitrogens with one attached hydrogen (secondary N) is 2. The SMILES string of the molecule is C=CCc1ccc(OCCOc2ccccc2/C=N/NC(=O)Nc2ccccc2)c(OC)c1. The van der Waals surface area contributed by atoms with E-state index in [-0.39, 0.29) is 0 Å². The number of ether oxygens (including phenoxy) is 3. The van der Waals surface area contributed by atoms with E-state index in [0.29, 0.717) is 36.1 Å². The van der Waals surface area contributed by atoms with E-state index in [0.717, 1.165) is 17.5 Å². The second kappa shape index (κ2) is 12.6. The highest BCUT2D eigenvalue weighted by Crippen LogP contribution is 2.28. The van der Waals surface area contributed by atoms with Gasteiger partial charge in [0.15, 0.2) is 11.5 Å². The molecular weight excluding hydrogens is 418 g/mol. The van der Waals surface area contributed by atoms with Gasteiger partial charge in [-0.1, -0.05) is 42.5 Å². The lowest BCUT2D eigenvalue weighted by Gasteiger charge is -2.13. The highest BCUT2D eigenvalue weighted by molar-refractivity contribution is 5.90. The zero-order valence-corrected chi connectivity index (χ0v) is 18.5. The van der Waals surface area contributed by atoms with Crippen LogP contribution in [-0.4, -0.2) is 32.6 Å². The lowest BCUT2D eigenvalue weighted by molar-refractivity contribution is 0.211. The molecule has 3 rings (SSSR count). The van der Waals surface area contributed by atoms with E-state index in [1.807, 2.05) is 66.7 Å². The normalized spacial score (nSPS) is 10.5. The van der Waals surface area contributed by atoms with E-state index >= 15 is 0 Å². The van der Waals surface area contributed by atoms with Crippen LogP contribution in [0.25, 0.3) is 0 Å². The number of hydrogen-bond donors (Lipinski definition) is 2. The van der Waals surface area contributed by atoms with E-state index < -0.39 is 6.03 Å². The molecule has 0 unspecified atom stereocenters. The average Bonchev–Trinajstić information content (AvgIpc) is 2.84. The van der Waals surface area contributed by atoms with Gasteiger partial charge in [-0.05, 0) is 48.4 Å². The van der Waals surface area contributed by atoms with Crippen molar-refractivity contribution in [3.63, 3.8) is 0 Å². The zero-order chi connectivity index (χ0) is 23.3. The summed E-state index contributed by atoms with van der Waals surface area (Å²) in [6, 6.07) is 21.9. The van der Waals surface area contributed by atoms with Gasteiger partial charge in [0.05, 0.1) is 13.3 Å². The summed E-state index contributed by atoms with van der Waals surface area (Å²) < 4.78 is 17.1. The molecule has 0 aliphatic heterocycles.